The number of carbonyl (C=O) groups excluding carboxylic acids is 1. The van der Waals surface area contributed by atoms with Crippen molar-refractivity contribution in [3.05, 3.63) is 107 Å². The Labute approximate surface area is 151 Å². The summed E-state index contributed by atoms with van der Waals surface area (Å²) in [5, 5.41) is 11.6. The van der Waals surface area contributed by atoms with E-state index in [0.717, 1.165) is 5.56 Å². The second-order valence-corrected chi connectivity index (χ2v) is 6.51. The van der Waals surface area contributed by atoms with Crippen LogP contribution in [0.4, 0.5) is 4.39 Å². The molecule has 0 radical (unpaired) electrons. The van der Waals surface area contributed by atoms with Gasteiger partial charge in [-0.2, -0.15) is 0 Å². The van der Waals surface area contributed by atoms with Crippen LogP contribution >= 0.6 is 0 Å². The lowest BCUT2D eigenvalue weighted by atomic mass is 9.94. The maximum Gasteiger partial charge on any atom is 0.257 e. The number of carbonyl (C=O) groups is 1. The zero-order valence-electron chi connectivity index (χ0n) is 14.1. The van der Waals surface area contributed by atoms with Gasteiger partial charge in [0.25, 0.3) is 5.91 Å². The number of amides is 1. The molecule has 1 atom stereocenters. The van der Waals surface area contributed by atoms with E-state index in [9.17, 15) is 14.3 Å². The summed E-state index contributed by atoms with van der Waals surface area (Å²) in [6.45, 7) is 0.00349. The van der Waals surface area contributed by atoms with E-state index in [0.29, 0.717) is 16.7 Å². The van der Waals surface area contributed by atoms with Gasteiger partial charge in [-0.25, -0.2) is 4.39 Å². The number of aliphatic hydroxyl groups is 1. The second kappa shape index (κ2) is 6.39. The summed E-state index contributed by atoms with van der Waals surface area (Å²) in [6.07, 6.45) is 0.241. The van der Waals surface area contributed by atoms with Gasteiger partial charge in [0.05, 0.1) is 6.54 Å². The van der Waals surface area contributed by atoms with Crippen molar-refractivity contribution < 1.29 is 14.3 Å². The van der Waals surface area contributed by atoms with E-state index in [-0.39, 0.29) is 18.9 Å². The number of hydrogen-bond acceptors (Lipinski definition) is 2. The summed E-state index contributed by atoms with van der Waals surface area (Å²) < 4.78 is 14.2. The van der Waals surface area contributed by atoms with Crippen molar-refractivity contribution in [1.82, 2.24) is 4.90 Å². The Kier molecular flexibility index (Phi) is 4.05. The number of rotatable bonds is 4. The Hall–Kier alpha value is -2.98. The monoisotopic (exact) mass is 347 g/mol. The van der Waals surface area contributed by atoms with Crippen molar-refractivity contribution in [3.8, 4) is 0 Å². The van der Waals surface area contributed by atoms with Gasteiger partial charge in [0, 0.05) is 23.1 Å². The largest absolute Gasteiger partial charge is 0.366 e. The van der Waals surface area contributed by atoms with Crippen LogP contribution in [0.5, 0.6) is 0 Å². The molecule has 1 amide bonds. The fourth-order valence-corrected chi connectivity index (χ4v) is 3.55. The predicted octanol–water partition coefficient (Wildman–Crippen LogP) is 3.87. The van der Waals surface area contributed by atoms with Crippen molar-refractivity contribution >= 4 is 5.91 Å². The molecule has 0 saturated heterocycles. The number of nitrogens with zero attached hydrogens (tertiary/aromatic N) is 1. The summed E-state index contributed by atoms with van der Waals surface area (Å²) in [7, 11) is 0. The Balaban J connectivity index is 1.78. The van der Waals surface area contributed by atoms with Gasteiger partial charge < -0.3 is 10.0 Å². The van der Waals surface area contributed by atoms with Crippen LogP contribution in [0.15, 0.2) is 78.9 Å². The molecule has 0 aromatic heterocycles. The Morgan fingerprint density at radius 2 is 1.54 bits per heavy atom. The molecule has 0 saturated carbocycles. The molecule has 1 aliphatic heterocycles. The minimum Gasteiger partial charge on any atom is -0.366 e. The van der Waals surface area contributed by atoms with Gasteiger partial charge in [-0.05, 0) is 17.7 Å². The molecule has 0 unspecified atom stereocenters. The maximum absolute atomic E-state index is 14.2. The topological polar surface area (TPSA) is 40.5 Å². The standard InChI is InChI=1S/C22H18FNO2/c23-20-13-7-4-10-17(20)15-24-21(25)18-11-5-6-12-19(18)22(24,26)14-16-8-2-1-3-9-16/h1-13,26H,14-15H2/t22-/m0/s1. The van der Waals surface area contributed by atoms with Crippen molar-refractivity contribution in [2.24, 2.45) is 0 Å². The third-order valence-corrected chi connectivity index (χ3v) is 4.86. The summed E-state index contributed by atoms with van der Waals surface area (Å²) in [6, 6.07) is 22.9. The summed E-state index contributed by atoms with van der Waals surface area (Å²) in [4.78, 5) is 14.3. The van der Waals surface area contributed by atoms with E-state index in [1.165, 1.54) is 11.0 Å². The molecule has 0 spiro atoms. The van der Waals surface area contributed by atoms with Gasteiger partial charge in [-0.3, -0.25) is 4.79 Å². The SMILES string of the molecule is O=C1c2ccccc2[C@@](O)(Cc2ccccc2)N1Cc1ccccc1F. The van der Waals surface area contributed by atoms with E-state index in [2.05, 4.69) is 0 Å². The summed E-state index contributed by atoms with van der Waals surface area (Å²) >= 11 is 0. The predicted molar refractivity (Wildman–Crippen MR) is 96.8 cm³/mol. The van der Waals surface area contributed by atoms with Crippen molar-refractivity contribution in [2.45, 2.75) is 18.7 Å². The lowest BCUT2D eigenvalue weighted by Crippen LogP contribution is -2.45. The average Bonchev–Trinajstić information content (AvgIpc) is 2.86. The number of fused-ring (bicyclic) bond motifs is 1. The smallest absolute Gasteiger partial charge is 0.257 e. The molecule has 26 heavy (non-hydrogen) atoms. The molecule has 0 aliphatic carbocycles. The maximum atomic E-state index is 14.2. The van der Waals surface area contributed by atoms with Crippen molar-refractivity contribution in [3.63, 3.8) is 0 Å². The highest BCUT2D eigenvalue weighted by Gasteiger charge is 2.48. The van der Waals surface area contributed by atoms with Crippen LogP contribution in [0.1, 0.15) is 27.0 Å². The highest BCUT2D eigenvalue weighted by molar-refractivity contribution is 5.99. The second-order valence-electron chi connectivity index (χ2n) is 6.51. The van der Waals surface area contributed by atoms with Gasteiger partial charge >= 0.3 is 0 Å². The van der Waals surface area contributed by atoms with Crippen molar-refractivity contribution in [2.75, 3.05) is 0 Å². The molecular formula is C22H18FNO2. The van der Waals surface area contributed by atoms with Crippen LogP contribution in [0.25, 0.3) is 0 Å². The summed E-state index contributed by atoms with van der Waals surface area (Å²) in [5.41, 5.74) is 0.780. The van der Waals surface area contributed by atoms with Gasteiger partial charge in [0.15, 0.2) is 5.72 Å². The van der Waals surface area contributed by atoms with E-state index in [4.69, 9.17) is 0 Å². The molecule has 130 valence electrons. The summed E-state index contributed by atoms with van der Waals surface area (Å²) in [5.74, 6) is -0.680. The highest BCUT2D eigenvalue weighted by Crippen LogP contribution is 2.40. The number of halogens is 1. The Morgan fingerprint density at radius 3 is 2.31 bits per heavy atom. The third kappa shape index (κ3) is 2.68. The van der Waals surface area contributed by atoms with Gasteiger partial charge in [-0.1, -0.05) is 66.7 Å². The average molecular weight is 347 g/mol. The fourth-order valence-electron chi connectivity index (χ4n) is 3.55. The molecule has 4 heteroatoms. The number of benzene rings is 3. The molecule has 0 fully saturated rings. The Morgan fingerprint density at radius 1 is 0.885 bits per heavy atom. The quantitative estimate of drug-likeness (QED) is 0.778. The van der Waals surface area contributed by atoms with Gasteiger partial charge in [0.1, 0.15) is 5.82 Å². The van der Waals surface area contributed by atoms with E-state index in [1.54, 1.807) is 42.5 Å². The zero-order valence-corrected chi connectivity index (χ0v) is 14.1. The lowest BCUT2D eigenvalue weighted by Gasteiger charge is -2.35. The minimum absolute atomic E-state index is 0.00349. The highest BCUT2D eigenvalue weighted by atomic mass is 19.1. The molecule has 3 nitrogen and oxygen atoms in total. The molecular weight excluding hydrogens is 329 g/mol. The molecule has 3 aromatic carbocycles. The van der Waals surface area contributed by atoms with Crippen molar-refractivity contribution in [1.29, 1.82) is 0 Å². The van der Waals surface area contributed by atoms with Gasteiger partial charge in [0.2, 0.25) is 0 Å². The first-order valence-corrected chi connectivity index (χ1v) is 8.51. The van der Waals surface area contributed by atoms with Crippen LogP contribution in [0.2, 0.25) is 0 Å². The van der Waals surface area contributed by atoms with Crippen LogP contribution < -0.4 is 0 Å². The number of hydrogen-bond donors (Lipinski definition) is 1. The molecule has 3 aromatic rings. The normalized spacial score (nSPS) is 18.8. The molecule has 1 aliphatic rings. The minimum atomic E-state index is -1.52. The lowest BCUT2D eigenvalue weighted by molar-refractivity contribution is -0.0881. The van der Waals surface area contributed by atoms with Gasteiger partial charge in [-0.15, -0.1) is 0 Å². The van der Waals surface area contributed by atoms with Crippen LogP contribution in [0.3, 0.4) is 0 Å². The zero-order chi connectivity index (χ0) is 18.1. The first kappa shape index (κ1) is 16.5. The first-order chi connectivity index (χ1) is 12.6. The Bertz CT molecular complexity index is 957. The molecule has 4 rings (SSSR count). The fraction of sp³-hybridized carbons (Fsp3) is 0.136. The van der Waals surface area contributed by atoms with E-state index in [1.807, 2.05) is 30.3 Å². The van der Waals surface area contributed by atoms with E-state index < -0.39 is 11.5 Å². The molecule has 0 bridgehead atoms. The van der Waals surface area contributed by atoms with Crippen LogP contribution in [-0.2, 0) is 18.7 Å². The molecule has 1 heterocycles. The first-order valence-electron chi connectivity index (χ1n) is 8.51. The van der Waals surface area contributed by atoms with Crippen LogP contribution in [-0.4, -0.2) is 15.9 Å². The van der Waals surface area contributed by atoms with Crippen LogP contribution in [0, 0.1) is 5.82 Å². The third-order valence-electron chi connectivity index (χ3n) is 4.86. The van der Waals surface area contributed by atoms with E-state index >= 15 is 0 Å². The molecule has 1 N–H and O–H groups in total.